The van der Waals surface area contributed by atoms with Crippen LogP contribution in [0.4, 0.5) is 4.79 Å². The number of likely N-dealkylation sites (tertiary alicyclic amines) is 1. The summed E-state index contributed by atoms with van der Waals surface area (Å²) < 4.78 is 0. The molecule has 1 aliphatic heterocycles. The smallest absolute Gasteiger partial charge is 0.318 e. The van der Waals surface area contributed by atoms with E-state index in [0.29, 0.717) is 25.8 Å². The van der Waals surface area contributed by atoms with E-state index >= 15 is 0 Å². The van der Waals surface area contributed by atoms with Crippen molar-refractivity contribution in [2.75, 3.05) is 13.1 Å². The largest absolute Gasteiger partial charge is 0.481 e. The van der Waals surface area contributed by atoms with E-state index in [4.69, 9.17) is 6.42 Å². The number of carboxylic acids is 1. The van der Waals surface area contributed by atoms with Crippen LogP contribution in [-0.4, -0.2) is 40.6 Å². The van der Waals surface area contributed by atoms with Gasteiger partial charge in [-0.1, -0.05) is 12.8 Å². The third kappa shape index (κ3) is 3.40. The molecule has 5 heteroatoms. The quantitative estimate of drug-likeness (QED) is 0.764. The molecule has 0 radical (unpaired) electrons. The highest BCUT2D eigenvalue weighted by atomic mass is 16.4. The Balaban J connectivity index is 2.78. The number of nitrogens with zero attached hydrogens (tertiary/aromatic N) is 1. The van der Waals surface area contributed by atoms with Crippen LogP contribution >= 0.6 is 0 Å². The summed E-state index contributed by atoms with van der Waals surface area (Å²) in [6, 6.07) is -0.290. The van der Waals surface area contributed by atoms with Gasteiger partial charge in [0.05, 0.1) is 11.0 Å². The average Bonchev–Trinajstić information content (AvgIpc) is 2.38. The van der Waals surface area contributed by atoms with Crippen molar-refractivity contribution < 1.29 is 14.7 Å². The van der Waals surface area contributed by atoms with E-state index in [1.807, 2.05) is 6.92 Å². The first-order chi connectivity index (χ1) is 8.76. The molecule has 0 bridgehead atoms. The second-order valence-electron chi connectivity index (χ2n) is 5.66. The minimum Gasteiger partial charge on any atom is -0.481 e. The second kappa shape index (κ2) is 5.52. The van der Waals surface area contributed by atoms with Crippen molar-refractivity contribution in [1.82, 2.24) is 10.2 Å². The first-order valence-electron chi connectivity index (χ1n) is 6.54. The van der Waals surface area contributed by atoms with Crippen LogP contribution in [0.15, 0.2) is 0 Å². The van der Waals surface area contributed by atoms with E-state index in [1.165, 1.54) is 0 Å². The summed E-state index contributed by atoms with van der Waals surface area (Å²) in [6.45, 7) is 6.13. The van der Waals surface area contributed by atoms with Crippen LogP contribution in [-0.2, 0) is 4.79 Å². The van der Waals surface area contributed by atoms with E-state index in [2.05, 4.69) is 11.2 Å². The van der Waals surface area contributed by atoms with Crippen LogP contribution in [0, 0.1) is 17.8 Å². The zero-order chi connectivity index (χ0) is 14.7. The number of rotatable bonds is 3. The van der Waals surface area contributed by atoms with Crippen LogP contribution < -0.4 is 5.32 Å². The Morgan fingerprint density at radius 2 is 2.16 bits per heavy atom. The predicted molar refractivity (Wildman–Crippen MR) is 72.6 cm³/mol. The van der Waals surface area contributed by atoms with Gasteiger partial charge in [0.2, 0.25) is 0 Å². The maximum absolute atomic E-state index is 12.1. The third-order valence-corrected chi connectivity index (χ3v) is 3.77. The Hall–Kier alpha value is -1.70. The minimum atomic E-state index is -0.830. The predicted octanol–water partition coefficient (Wildman–Crippen LogP) is 1.68. The molecule has 1 saturated heterocycles. The number of aliphatic carboxylic acids is 1. The summed E-state index contributed by atoms with van der Waals surface area (Å²) in [6.07, 6.45) is 7.16. The number of hydrogen-bond donors (Lipinski definition) is 2. The molecule has 2 N–H and O–H groups in total. The number of carboxylic acid groups (broad SMARTS) is 1. The van der Waals surface area contributed by atoms with Gasteiger partial charge < -0.3 is 15.3 Å². The molecule has 0 aromatic rings. The fourth-order valence-electron chi connectivity index (χ4n) is 2.30. The Labute approximate surface area is 114 Å². The van der Waals surface area contributed by atoms with E-state index < -0.39 is 16.9 Å². The van der Waals surface area contributed by atoms with Crippen molar-refractivity contribution in [1.29, 1.82) is 0 Å². The highest BCUT2D eigenvalue weighted by Crippen LogP contribution is 2.33. The molecule has 1 rings (SSSR count). The van der Waals surface area contributed by atoms with E-state index in [-0.39, 0.29) is 12.6 Å². The number of carbonyl (C=O) groups excluding carboxylic acids is 1. The second-order valence-corrected chi connectivity index (χ2v) is 5.66. The lowest BCUT2D eigenvalue weighted by molar-refractivity contribution is -0.152. The van der Waals surface area contributed by atoms with Gasteiger partial charge in [-0.2, -0.15) is 0 Å². The maximum atomic E-state index is 12.1. The number of amides is 2. The number of terminal acetylenes is 1. The van der Waals surface area contributed by atoms with Gasteiger partial charge in [-0.15, -0.1) is 6.42 Å². The maximum Gasteiger partial charge on any atom is 0.318 e. The molecule has 5 nitrogen and oxygen atoms in total. The molecule has 1 atom stereocenters. The van der Waals surface area contributed by atoms with Crippen LogP contribution in [0.1, 0.15) is 40.0 Å². The van der Waals surface area contributed by atoms with Crippen molar-refractivity contribution in [3.63, 3.8) is 0 Å². The Morgan fingerprint density at radius 1 is 1.53 bits per heavy atom. The number of hydrogen-bond acceptors (Lipinski definition) is 2. The first-order valence-corrected chi connectivity index (χ1v) is 6.54. The minimum absolute atomic E-state index is 0.241. The summed E-state index contributed by atoms with van der Waals surface area (Å²) in [5.74, 6) is 1.66. The summed E-state index contributed by atoms with van der Waals surface area (Å²) >= 11 is 0. The lowest BCUT2D eigenvalue weighted by atomic mass is 9.78. The van der Waals surface area contributed by atoms with Gasteiger partial charge >= 0.3 is 12.0 Å². The van der Waals surface area contributed by atoms with Crippen molar-refractivity contribution in [2.45, 2.75) is 45.6 Å². The molecule has 0 aromatic carbocycles. The van der Waals surface area contributed by atoms with Crippen molar-refractivity contribution in [2.24, 2.45) is 5.41 Å². The van der Waals surface area contributed by atoms with Gasteiger partial charge in [-0.3, -0.25) is 4.79 Å². The van der Waals surface area contributed by atoms with E-state index in [0.717, 1.165) is 0 Å². The molecule has 0 aliphatic carbocycles. The molecule has 0 saturated carbocycles. The normalized spacial score (nSPS) is 23.6. The van der Waals surface area contributed by atoms with Crippen LogP contribution in [0.5, 0.6) is 0 Å². The Bertz CT molecular complexity index is 411. The molecule has 1 aliphatic rings. The highest BCUT2D eigenvalue weighted by Gasteiger charge is 2.42. The van der Waals surface area contributed by atoms with Gasteiger partial charge in [-0.05, 0) is 33.1 Å². The first kappa shape index (κ1) is 15.4. The molecule has 106 valence electrons. The van der Waals surface area contributed by atoms with Gasteiger partial charge in [0.25, 0.3) is 0 Å². The summed E-state index contributed by atoms with van der Waals surface area (Å²) in [5, 5.41) is 12.1. The number of carbonyl (C=O) groups is 2. The molecule has 1 unspecified atom stereocenters. The van der Waals surface area contributed by atoms with Gasteiger partial charge in [0.1, 0.15) is 0 Å². The monoisotopic (exact) mass is 266 g/mol. The van der Waals surface area contributed by atoms with Crippen LogP contribution in [0.25, 0.3) is 0 Å². The fourth-order valence-corrected chi connectivity index (χ4v) is 2.30. The summed E-state index contributed by atoms with van der Waals surface area (Å²) in [5.41, 5.74) is -1.55. The lowest BCUT2D eigenvalue weighted by Gasteiger charge is -2.40. The zero-order valence-electron chi connectivity index (χ0n) is 11.8. The number of nitrogens with one attached hydrogen (secondary N) is 1. The Kier molecular flexibility index (Phi) is 4.46. The van der Waals surface area contributed by atoms with Crippen LogP contribution in [0.2, 0.25) is 0 Å². The van der Waals surface area contributed by atoms with Gasteiger partial charge in [0, 0.05) is 13.1 Å². The van der Waals surface area contributed by atoms with Crippen molar-refractivity contribution >= 4 is 12.0 Å². The SMILES string of the molecule is C#CC(C)(C)NC(=O)N1CCCC(CC)(C(=O)O)C1. The molecule has 1 fully saturated rings. The third-order valence-electron chi connectivity index (χ3n) is 3.77. The van der Waals surface area contributed by atoms with E-state index in [9.17, 15) is 14.7 Å². The average molecular weight is 266 g/mol. The number of urea groups is 1. The van der Waals surface area contributed by atoms with Crippen molar-refractivity contribution in [3.8, 4) is 12.3 Å². The molecule has 2 amide bonds. The molecule has 1 heterocycles. The number of piperidine rings is 1. The Morgan fingerprint density at radius 3 is 2.63 bits per heavy atom. The fraction of sp³-hybridized carbons (Fsp3) is 0.714. The molecule has 0 spiro atoms. The zero-order valence-corrected chi connectivity index (χ0v) is 11.8. The van der Waals surface area contributed by atoms with Gasteiger partial charge in [0.15, 0.2) is 0 Å². The highest BCUT2D eigenvalue weighted by molar-refractivity contribution is 5.79. The van der Waals surface area contributed by atoms with Crippen LogP contribution in [0.3, 0.4) is 0 Å². The topological polar surface area (TPSA) is 69.6 Å². The van der Waals surface area contributed by atoms with Gasteiger partial charge in [-0.25, -0.2) is 4.79 Å². The standard InChI is InChI=1S/C14H22N2O3/c1-5-13(3,4)15-12(19)16-9-7-8-14(6-2,10-16)11(17)18/h1H,6-10H2,2-4H3,(H,15,19)(H,17,18). The lowest BCUT2D eigenvalue weighted by Crippen LogP contribution is -2.55. The summed E-state index contributed by atoms with van der Waals surface area (Å²) in [7, 11) is 0. The van der Waals surface area contributed by atoms with E-state index in [1.54, 1.807) is 18.7 Å². The molecular weight excluding hydrogens is 244 g/mol. The molecular formula is C14H22N2O3. The molecule has 0 aromatic heterocycles. The van der Waals surface area contributed by atoms with Crippen molar-refractivity contribution in [3.05, 3.63) is 0 Å². The molecule has 19 heavy (non-hydrogen) atoms. The summed E-state index contributed by atoms with van der Waals surface area (Å²) in [4.78, 5) is 25.1.